The van der Waals surface area contributed by atoms with Gasteiger partial charge in [0.1, 0.15) is 5.82 Å². The number of hydrogen-bond donors (Lipinski definition) is 0. The number of carbonyl (C=O) groups is 1. The summed E-state index contributed by atoms with van der Waals surface area (Å²) in [6.45, 7) is 4.30. The molecular formula is C25H26FN3O3S2. The van der Waals surface area contributed by atoms with Crippen molar-refractivity contribution in [3.05, 3.63) is 81.8 Å². The first-order valence-corrected chi connectivity index (χ1v) is 13.6. The van der Waals surface area contributed by atoms with Crippen molar-refractivity contribution in [3.63, 3.8) is 0 Å². The average Bonchev–Trinajstić information content (AvgIpc) is 3.34. The number of benzene rings is 2. The number of sulfonamides is 1. The van der Waals surface area contributed by atoms with Crippen molar-refractivity contribution >= 4 is 33.0 Å². The molecule has 0 bridgehead atoms. The quantitative estimate of drug-likeness (QED) is 0.541. The first-order chi connectivity index (χ1) is 16.3. The molecule has 0 aliphatic carbocycles. The molecule has 2 aliphatic rings. The van der Waals surface area contributed by atoms with E-state index in [1.54, 1.807) is 41.7 Å². The highest BCUT2D eigenvalue weighted by Gasteiger charge is 2.32. The van der Waals surface area contributed by atoms with Crippen molar-refractivity contribution in [2.24, 2.45) is 0 Å². The summed E-state index contributed by atoms with van der Waals surface area (Å²) >= 11 is 1.72. The number of carbonyl (C=O) groups excluding carboxylic acids is 1. The van der Waals surface area contributed by atoms with E-state index in [-0.39, 0.29) is 22.7 Å². The predicted octanol–water partition coefficient (Wildman–Crippen LogP) is 4.16. The van der Waals surface area contributed by atoms with Crippen LogP contribution < -0.4 is 4.90 Å². The van der Waals surface area contributed by atoms with Gasteiger partial charge >= 0.3 is 0 Å². The van der Waals surface area contributed by atoms with Crippen molar-refractivity contribution in [2.75, 3.05) is 37.6 Å². The smallest absolute Gasteiger partial charge is 0.254 e. The first-order valence-electron chi connectivity index (χ1n) is 11.3. The number of halogens is 1. The number of anilines is 1. The van der Waals surface area contributed by atoms with Crippen molar-refractivity contribution in [1.82, 2.24) is 9.21 Å². The Morgan fingerprint density at radius 1 is 1.00 bits per heavy atom. The maximum absolute atomic E-state index is 13.4. The molecule has 1 atom stereocenters. The van der Waals surface area contributed by atoms with Crippen molar-refractivity contribution in [2.45, 2.75) is 24.3 Å². The molecule has 3 aromatic rings. The molecule has 1 aromatic heterocycles. The molecule has 0 N–H and O–H groups in total. The van der Waals surface area contributed by atoms with E-state index in [1.165, 1.54) is 32.9 Å². The van der Waals surface area contributed by atoms with Crippen LogP contribution in [0.5, 0.6) is 0 Å². The summed E-state index contributed by atoms with van der Waals surface area (Å²) in [5.74, 6) is -0.448. The minimum absolute atomic E-state index is 0.0395. The summed E-state index contributed by atoms with van der Waals surface area (Å²) in [7, 11) is -3.74. The van der Waals surface area contributed by atoms with Gasteiger partial charge in [-0.25, -0.2) is 12.8 Å². The molecule has 2 aromatic carbocycles. The minimum Gasteiger partial charge on any atom is -0.369 e. The lowest BCUT2D eigenvalue weighted by Gasteiger charge is -2.35. The Morgan fingerprint density at radius 3 is 2.47 bits per heavy atom. The average molecular weight is 500 g/mol. The van der Waals surface area contributed by atoms with Gasteiger partial charge in [-0.15, -0.1) is 11.3 Å². The molecule has 0 radical (unpaired) electrons. The van der Waals surface area contributed by atoms with Crippen LogP contribution in [0.4, 0.5) is 10.1 Å². The fourth-order valence-electron chi connectivity index (χ4n) is 4.73. The van der Waals surface area contributed by atoms with Crippen molar-refractivity contribution in [3.8, 4) is 0 Å². The van der Waals surface area contributed by atoms with Crippen LogP contribution in [0, 0.1) is 5.82 Å². The number of thiophene rings is 1. The van der Waals surface area contributed by atoms with Crippen LogP contribution in [0.2, 0.25) is 0 Å². The van der Waals surface area contributed by atoms with E-state index in [1.807, 2.05) is 16.7 Å². The third kappa shape index (κ3) is 4.23. The van der Waals surface area contributed by atoms with Crippen LogP contribution in [0.1, 0.15) is 33.8 Å². The van der Waals surface area contributed by atoms with Gasteiger partial charge in [-0.2, -0.15) is 4.31 Å². The van der Waals surface area contributed by atoms with E-state index in [4.69, 9.17) is 0 Å². The molecular weight excluding hydrogens is 473 g/mol. The minimum atomic E-state index is -3.74. The van der Waals surface area contributed by atoms with Crippen LogP contribution >= 0.6 is 11.3 Å². The van der Waals surface area contributed by atoms with Crippen molar-refractivity contribution < 1.29 is 17.6 Å². The molecule has 178 valence electrons. The lowest BCUT2D eigenvalue weighted by atomic mass is 10.0. The maximum atomic E-state index is 13.4. The number of rotatable bonds is 4. The van der Waals surface area contributed by atoms with Gasteiger partial charge in [0.25, 0.3) is 5.91 Å². The van der Waals surface area contributed by atoms with Gasteiger partial charge in [0, 0.05) is 48.9 Å². The molecule has 34 heavy (non-hydrogen) atoms. The van der Waals surface area contributed by atoms with E-state index in [2.05, 4.69) is 11.4 Å². The molecule has 9 heteroatoms. The number of piperazine rings is 1. The lowest BCUT2D eigenvalue weighted by molar-refractivity contribution is 0.0679. The van der Waals surface area contributed by atoms with Gasteiger partial charge in [-0.05, 0) is 72.8 Å². The Kier molecular flexibility index (Phi) is 6.18. The lowest BCUT2D eigenvalue weighted by Crippen LogP contribution is -2.48. The van der Waals surface area contributed by atoms with Gasteiger partial charge in [0.2, 0.25) is 10.0 Å². The molecule has 0 saturated carbocycles. The highest BCUT2D eigenvalue weighted by Crippen LogP contribution is 2.34. The number of fused-ring (bicyclic) bond motifs is 1. The van der Waals surface area contributed by atoms with Gasteiger partial charge in [0.15, 0.2) is 0 Å². The first kappa shape index (κ1) is 23.0. The Balaban J connectivity index is 1.31. The molecule has 1 unspecified atom stereocenters. The van der Waals surface area contributed by atoms with E-state index < -0.39 is 10.0 Å². The molecule has 1 fully saturated rings. The highest BCUT2D eigenvalue weighted by atomic mass is 32.2. The van der Waals surface area contributed by atoms with Crippen LogP contribution in [0.15, 0.2) is 64.9 Å². The summed E-state index contributed by atoms with van der Waals surface area (Å²) in [6, 6.07) is 14.6. The fraction of sp³-hybridized carbons (Fsp3) is 0.320. The van der Waals surface area contributed by atoms with Gasteiger partial charge in [0.05, 0.1) is 10.9 Å². The van der Waals surface area contributed by atoms with E-state index in [0.29, 0.717) is 38.3 Å². The summed E-state index contributed by atoms with van der Waals surface area (Å²) < 4.78 is 41.4. The maximum Gasteiger partial charge on any atom is 0.254 e. The number of amides is 1. The Morgan fingerprint density at radius 2 is 1.74 bits per heavy atom. The molecule has 0 spiro atoms. The van der Waals surface area contributed by atoms with E-state index in [9.17, 15) is 17.6 Å². The molecule has 6 nitrogen and oxygen atoms in total. The zero-order valence-corrected chi connectivity index (χ0v) is 20.5. The summed E-state index contributed by atoms with van der Waals surface area (Å²) in [6.07, 6.45) is 0.819. The topological polar surface area (TPSA) is 60.9 Å². The summed E-state index contributed by atoms with van der Waals surface area (Å²) in [5, 5.41) is 2.05. The molecule has 3 heterocycles. The van der Waals surface area contributed by atoms with Crippen LogP contribution in [0.25, 0.3) is 0 Å². The van der Waals surface area contributed by atoms with Crippen LogP contribution in [-0.2, 0) is 16.4 Å². The number of hydrogen-bond acceptors (Lipinski definition) is 5. The van der Waals surface area contributed by atoms with E-state index in [0.717, 1.165) is 12.1 Å². The van der Waals surface area contributed by atoms with Gasteiger partial charge in [-0.3, -0.25) is 4.79 Å². The van der Waals surface area contributed by atoms with Crippen molar-refractivity contribution in [1.29, 1.82) is 0 Å². The second-order valence-corrected chi connectivity index (χ2v) is 11.6. The predicted molar refractivity (Wildman–Crippen MR) is 131 cm³/mol. The third-order valence-electron chi connectivity index (χ3n) is 6.69. The third-order valence-corrected chi connectivity index (χ3v) is 9.58. The Bertz CT molecular complexity index is 1300. The Labute approximate surface area is 203 Å². The summed E-state index contributed by atoms with van der Waals surface area (Å²) in [4.78, 5) is 18.6. The second-order valence-electron chi connectivity index (χ2n) is 8.62. The van der Waals surface area contributed by atoms with Crippen LogP contribution in [-0.4, -0.2) is 56.3 Å². The SMILES string of the molecule is CC1c2ccsc2CCN1C(=O)c1cccc(S(=O)(=O)N2CCN(c3ccc(F)cc3)CC2)c1. The van der Waals surface area contributed by atoms with Gasteiger partial charge < -0.3 is 9.80 Å². The van der Waals surface area contributed by atoms with Crippen LogP contribution in [0.3, 0.4) is 0 Å². The largest absolute Gasteiger partial charge is 0.369 e. The fourth-order valence-corrected chi connectivity index (χ4v) is 7.16. The zero-order chi connectivity index (χ0) is 23.9. The Hall–Kier alpha value is -2.75. The highest BCUT2D eigenvalue weighted by molar-refractivity contribution is 7.89. The zero-order valence-electron chi connectivity index (χ0n) is 18.9. The monoisotopic (exact) mass is 499 g/mol. The molecule has 5 rings (SSSR count). The molecule has 2 aliphatic heterocycles. The van der Waals surface area contributed by atoms with E-state index >= 15 is 0 Å². The standard InChI is InChI=1S/C25H26FN3O3S2/c1-18-23-10-16-33-24(23)9-11-29(18)25(30)19-3-2-4-22(17-19)34(31,32)28-14-12-27(13-15-28)21-7-5-20(26)6-8-21/h2-8,10,16-18H,9,11-15H2,1H3. The molecule has 1 amide bonds. The second kappa shape index (κ2) is 9.13. The normalized spacial score (nSPS) is 19.2. The number of nitrogens with zero attached hydrogens (tertiary/aromatic N) is 3. The van der Waals surface area contributed by atoms with Gasteiger partial charge in [-0.1, -0.05) is 6.07 Å². The summed E-state index contributed by atoms with van der Waals surface area (Å²) in [5.41, 5.74) is 2.43. The molecule has 1 saturated heterocycles.